The van der Waals surface area contributed by atoms with E-state index in [-0.39, 0.29) is 0 Å². The van der Waals surface area contributed by atoms with Gasteiger partial charge >= 0.3 is 0 Å². The molecule has 4 heteroatoms. The molecule has 2 heterocycles. The predicted octanol–water partition coefficient (Wildman–Crippen LogP) is 2.95. The zero-order valence-corrected chi connectivity index (χ0v) is 10.9. The highest BCUT2D eigenvalue weighted by Gasteiger charge is 2.05. The average molecular weight is 250 g/mol. The maximum atomic E-state index is 4.44. The van der Waals surface area contributed by atoms with Gasteiger partial charge in [-0.15, -0.1) is 0 Å². The Morgan fingerprint density at radius 3 is 2.37 bits per heavy atom. The topological polar surface area (TPSA) is 43.6 Å². The zero-order chi connectivity index (χ0) is 13.2. The van der Waals surface area contributed by atoms with Gasteiger partial charge in [-0.25, -0.2) is 14.6 Å². The Morgan fingerprint density at radius 1 is 0.947 bits per heavy atom. The summed E-state index contributed by atoms with van der Waals surface area (Å²) < 4.78 is 1.90. The van der Waals surface area contributed by atoms with Crippen LogP contribution in [0.4, 0.5) is 0 Å². The maximum absolute atomic E-state index is 4.44. The summed E-state index contributed by atoms with van der Waals surface area (Å²) in [5.41, 5.74) is 5.41. The van der Waals surface area contributed by atoms with Crippen LogP contribution in [0.15, 0.2) is 49.2 Å². The van der Waals surface area contributed by atoms with Gasteiger partial charge in [-0.2, -0.15) is 5.10 Å². The highest BCUT2D eigenvalue weighted by atomic mass is 15.3. The average Bonchev–Trinajstić information content (AvgIpc) is 2.86. The van der Waals surface area contributed by atoms with Crippen molar-refractivity contribution in [2.75, 3.05) is 0 Å². The van der Waals surface area contributed by atoms with Crippen molar-refractivity contribution in [3.63, 3.8) is 0 Å². The van der Waals surface area contributed by atoms with Gasteiger partial charge in [-0.1, -0.05) is 6.07 Å². The number of aromatic nitrogens is 4. The van der Waals surface area contributed by atoms with Gasteiger partial charge in [-0.05, 0) is 43.2 Å². The van der Waals surface area contributed by atoms with Crippen LogP contribution in [0.25, 0.3) is 16.8 Å². The molecule has 94 valence electrons. The molecule has 0 saturated heterocycles. The fourth-order valence-electron chi connectivity index (χ4n) is 2.09. The summed E-state index contributed by atoms with van der Waals surface area (Å²) in [5, 5.41) is 4.44. The minimum absolute atomic E-state index is 1.01. The van der Waals surface area contributed by atoms with E-state index in [1.165, 1.54) is 11.9 Å². The van der Waals surface area contributed by atoms with Crippen LogP contribution in [0.2, 0.25) is 0 Å². The standard InChI is InChI=1S/C15H14N4/c1-11-7-13(14-8-16-10-17-9-14)3-4-15(11)19-6-5-12(2)18-19/h3-10H,1-2H3. The highest BCUT2D eigenvalue weighted by Crippen LogP contribution is 2.22. The van der Waals surface area contributed by atoms with Gasteiger partial charge in [0.05, 0.1) is 11.4 Å². The van der Waals surface area contributed by atoms with Gasteiger partial charge in [0, 0.05) is 24.2 Å². The molecule has 0 amide bonds. The molecule has 2 aromatic heterocycles. The molecular formula is C15H14N4. The lowest BCUT2D eigenvalue weighted by atomic mass is 10.1. The molecule has 3 rings (SSSR count). The Bertz CT molecular complexity index is 701. The quantitative estimate of drug-likeness (QED) is 0.702. The first kappa shape index (κ1) is 11.6. The van der Waals surface area contributed by atoms with E-state index in [4.69, 9.17) is 0 Å². The van der Waals surface area contributed by atoms with Crippen LogP contribution in [-0.4, -0.2) is 19.7 Å². The van der Waals surface area contributed by atoms with Gasteiger partial charge in [0.25, 0.3) is 0 Å². The molecule has 0 aliphatic heterocycles. The Morgan fingerprint density at radius 2 is 1.74 bits per heavy atom. The molecule has 0 unspecified atom stereocenters. The molecule has 0 bridgehead atoms. The molecule has 0 fully saturated rings. The maximum Gasteiger partial charge on any atom is 0.115 e. The van der Waals surface area contributed by atoms with E-state index in [0.717, 1.165) is 22.5 Å². The summed E-state index contributed by atoms with van der Waals surface area (Å²) >= 11 is 0. The second kappa shape index (κ2) is 4.65. The van der Waals surface area contributed by atoms with Crippen LogP contribution in [0.5, 0.6) is 0 Å². The second-order valence-corrected chi connectivity index (χ2v) is 4.53. The summed E-state index contributed by atoms with van der Waals surface area (Å²) in [6.07, 6.45) is 7.15. The SMILES string of the molecule is Cc1ccn(-c2ccc(-c3cncnc3)cc2C)n1. The fraction of sp³-hybridized carbons (Fsp3) is 0.133. The third kappa shape index (κ3) is 2.25. The fourth-order valence-corrected chi connectivity index (χ4v) is 2.09. The first-order chi connectivity index (χ1) is 9.24. The number of aryl methyl sites for hydroxylation is 2. The van der Waals surface area contributed by atoms with E-state index in [2.05, 4.69) is 40.2 Å². The molecule has 0 saturated carbocycles. The van der Waals surface area contributed by atoms with Gasteiger partial charge in [-0.3, -0.25) is 0 Å². The first-order valence-corrected chi connectivity index (χ1v) is 6.13. The Hall–Kier alpha value is -2.49. The monoisotopic (exact) mass is 250 g/mol. The molecule has 0 aliphatic carbocycles. The Balaban J connectivity index is 2.03. The number of benzene rings is 1. The minimum Gasteiger partial charge on any atom is -0.244 e. The third-order valence-electron chi connectivity index (χ3n) is 3.06. The number of hydrogen-bond donors (Lipinski definition) is 0. The molecular weight excluding hydrogens is 236 g/mol. The van der Waals surface area contributed by atoms with Gasteiger partial charge in [0.1, 0.15) is 6.33 Å². The zero-order valence-electron chi connectivity index (χ0n) is 10.9. The number of rotatable bonds is 2. The van der Waals surface area contributed by atoms with Crippen LogP contribution in [0.3, 0.4) is 0 Å². The van der Waals surface area contributed by atoms with Crippen LogP contribution in [0.1, 0.15) is 11.3 Å². The molecule has 0 radical (unpaired) electrons. The third-order valence-corrected chi connectivity index (χ3v) is 3.06. The number of hydrogen-bond acceptors (Lipinski definition) is 3. The van der Waals surface area contributed by atoms with Crippen molar-refractivity contribution < 1.29 is 0 Å². The lowest BCUT2D eigenvalue weighted by Gasteiger charge is -2.08. The Labute approximate surface area is 111 Å². The van der Waals surface area contributed by atoms with E-state index in [1.54, 1.807) is 0 Å². The molecule has 1 aromatic carbocycles. The molecule has 4 nitrogen and oxygen atoms in total. The largest absolute Gasteiger partial charge is 0.244 e. The summed E-state index contributed by atoms with van der Waals surface area (Å²) in [6, 6.07) is 8.27. The van der Waals surface area contributed by atoms with Gasteiger partial charge < -0.3 is 0 Å². The molecule has 0 aliphatic rings. The molecule has 0 atom stereocenters. The van der Waals surface area contributed by atoms with E-state index >= 15 is 0 Å². The van der Waals surface area contributed by atoms with Gasteiger partial charge in [0.2, 0.25) is 0 Å². The molecule has 0 N–H and O–H groups in total. The smallest absolute Gasteiger partial charge is 0.115 e. The van der Waals surface area contributed by atoms with Gasteiger partial charge in [0.15, 0.2) is 0 Å². The van der Waals surface area contributed by atoms with Crippen molar-refractivity contribution in [1.82, 2.24) is 19.7 Å². The summed E-state index contributed by atoms with van der Waals surface area (Å²) in [5.74, 6) is 0. The van der Waals surface area contributed by atoms with E-state index in [0.29, 0.717) is 0 Å². The highest BCUT2D eigenvalue weighted by molar-refractivity contribution is 5.64. The van der Waals surface area contributed by atoms with Crippen LogP contribution < -0.4 is 0 Å². The van der Waals surface area contributed by atoms with Crippen LogP contribution in [-0.2, 0) is 0 Å². The first-order valence-electron chi connectivity index (χ1n) is 6.13. The van der Waals surface area contributed by atoms with Crippen molar-refractivity contribution in [3.05, 3.63) is 60.4 Å². The van der Waals surface area contributed by atoms with Crippen molar-refractivity contribution in [3.8, 4) is 16.8 Å². The minimum atomic E-state index is 1.01. The lowest BCUT2D eigenvalue weighted by Crippen LogP contribution is -1.98. The Kier molecular flexibility index (Phi) is 2.83. The van der Waals surface area contributed by atoms with E-state index in [9.17, 15) is 0 Å². The number of nitrogens with zero attached hydrogens (tertiary/aromatic N) is 4. The summed E-state index contributed by atoms with van der Waals surface area (Å²) in [6.45, 7) is 4.07. The molecule has 3 aromatic rings. The predicted molar refractivity (Wildman–Crippen MR) is 74.1 cm³/mol. The summed E-state index contributed by atoms with van der Waals surface area (Å²) in [4.78, 5) is 8.09. The lowest BCUT2D eigenvalue weighted by molar-refractivity contribution is 0.856. The molecule has 0 spiro atoms. The van der Waals surface area contributed by atoms with Crippen molar-refractivity contribution in [2.24, 2.45) is 0 Å². The van der Waals surface area contributed by atoms with Crippen LogP contribution >= 0.6 is 0 Å². The van der Waals surface area contributed by atoms with Crippen molar-refractivity contribution >= 4 is 0 Å². The van der Waals surface area contributed by atoms with Crippen molar-refractivity contribution in [2.45, 2.75) is 13.8 Å². The summed E-state index contributed by atoms with van der Waals surface area (Å²) in [7, 11) is 0. The van der Waals surface area contributed by atoms with E-state index in [1.807, 2.05) is 36.3 Å². The van der Waals surface area contributed by atoms with Crippen LogP contribution in [0, 0.1) is 13.8 Å². The molecule has 19 heavy (non-hydrogen) atoms. The second-order valence-electron chi connectivity index (χ2n) is 4.53. The normalized spacial score (nSPS) is 10.6. The van der Waals surface area contributed by atoms with E-state index < -0.39 is 0 Å². The van der Waals surface area contributed by atoms with Crippen molar-refractivity contribution in [1.29, 1.82) is 0 Å².